The fourth-order valence-corrected chi connectivity index (χ4v) is 4.00. The van der Waals surface area contributed by atoms with Gasteiger partial charge in [-0.3, -0.25) is 14.5 Å². The molecule has 1 aliphatic heterocycles. The number of ether oxygens (including phenoxy) is 1. The summed E-state index contributed by atoms with van der Waals surface area (Å²) in [6, 6.07) is 22.9. The Morgan fingerprint density at radius 1 is 0.848 bits per heavy atom. The van der Waals surface area contributed by atoms with Crippen molar-refractivity contribution in [2.24, 2.45) is 0 Å². The van der Waals surface area contributed by atoms with E-state index in [9.17, 15) is 9.59 Å². The van der Waals surface area contributed by atoms with Gasteiger partial charge in [0.2, 0.25) is 0 Å². The highest BCUT2D eigenvalue weighted by molar-refractivity contribution is 6.36. The van der Waals surface area contributed by atoms with E-state index in [1.807, 2.05) is 87.5 Å². The van der Waals surface area contributed by atoms with Gasteiger partial charge in [-0.25, -0.2) is 0 Å². The number of carbonyl (C=O) groups excluding carboxylic acids is 2. The van der Waals surface area contributed by atoms with Crippen LogP contribution in [0.5, 0.6) is 5.75 Å². The molecule has 5 nitrogen and oxygen atoms in total. The largest absolute Gasteiger partial charge is 0.494 e. The summed E-state index contributed by atoms with van der Waals surface area (Å²) in [7, 11) is 0. The molecule has 0 fully saturated rings. The Morgan fingerprint density at radius 2 is 1.52 bits per heavy atom. The van der Waals surface area contributed by atoms with Crippen molar-refractivity contribution in [1.82, 2.24) is 4.90 Å². The fourth-order valence-electron chi connectivity index (χ4n) is 4.00. The van der Waals surface area contributed by atoms with Crippen molar-refractivity contribution < 1.29 is 14.3 Å². The number of rotatable bonds is 8. The molecule has 2 amide bonds. The maximum atomic E-state index is 13.5. The summed E-state index contributed by atoms with van der Waals surface area (Å²) in [5.74, 6) is 0.102. The summed E-state index contributed by atoms with van der Waals surface area (Å²) in [6.07, 6.45) is 0.915. The number of benzene rings is 3. The van der Waals surface area contributed by atoms with Gasteiger partial charge < -0.3 is 10.1 Å². The Labute approximate surface area is 194 Å². The standard InChI is InChI=1S/C28H28N2O3/c1-4-14-33-24-12-10-22(11-13-24)25-26(29-23-16-19(2)15-20(3)17-23)28(32)30(27(25)31)18-21-8-6-5-7-9-21/h5-13,15-17,29H,4,14,18H2,1-3H3. The van der Waals surface area contributed by atoms with E-state index in [4.69, 9.17) is 4.74 Å². The van der Waals surface area contributed by atoms with Gasteiger partial charge in [-0.15, -0.1) is 0 Å². The number of imide groups is 1. The third kappa shape index (κ3) is 4.98. The zero-order valence-corrected chi connectivity index (χ0v) is 19.2. The van der Waals surface area contributed by atoms with Gasteiger partial charge in [0, 0.05) is 5.69 Å². The Kier molecular flexibility index (Phi) is 6.59. The van der Waals surface area contributed by atoms with Crippen LogP contribution in [0.3, 0.4) is 0 Å². The number of hydrogen-bond donors (Lipinski definition) is 1. The molecule has 3 aromatic rings. The molecule has 1 N–H and O–H groups in total. The van der Waals surface area contributed by atoms with Gasteiger partial charge in [0.1, 0.15) is 11.4 Å². The van der Waals surface area contributed by atoms with Crippen LogP contribution in [0.15, 0.2) is 78.5 Å². The number of nitrogens with one attached hydrogen (secondary N) is 1. The SMILES string of the molecule is CCCOc1ccc(C2=C(Nc3cc(C)cc(C)c3)C(=O)N(Cc3ccccc3)C2=O)cc1. The van der Waals surface area contributed by atoms with Gasteiger partial charge in [-0.05, 0) is 66.8 Å². The molecule has 0 unspecified atom stereocenters. The van der Waals surface area contributed by atoms with Crippen LogP contribution >= 0.6 is 0 Å². The fraction of sp³-hybridized carbons (Fsp3) is 0.214. The predicted octanol–water partition coefficient (Wildman–Crippen LogP) is 5.48. The Bertz CT molecular complexity index is 1180. The van der Waals surface area contributed by atoms with Gasteiger partial charge in [0.15, 0.2) is 0 Å². The minimum Gasteiger partial charge on any atom is -0.494 e. The van der Waals surface area contributed by atoms with E-state index >= 15 is 0 Å². The second kappa shape index (κ2) is 9.74. The van der Waals surface area contributed by atoms with Gasteiger partial charge in [-0.2, -0.15) is 0 Å². The lowest BCUT2D eigenvalue weighted by molar-refractivity contribution is -0.137. The molecule has 0 saturated heterocycles. The molecule has 1 aliphatic rings. The highest BCUT2D eigenvalue weighted by Gasteiger charge is 2.39. The number of amides is 2. The van der Waals surface area contributed by atoms with Crippen molar-refractivity contribution in [1.29, 1.82) is 0 Å². The third-order valence-corrected chi connectivity index (χ3v) is 5.46. The molecule has 168 valence electrons. The van der Waals surface area contributed by atoms with Crippen molar-refractivity contribution in [3.8, 4) is 5.75 Å². The molecule has 4 rings (SSSR count). The first-order chi connectivity index (χ1) is 16.0. The molecular formula is C28H28N2O3. The van der Waals surface area contributed by atoms with E-state index in [1.165, 1.54) is 4.90 Å². The summed E-state index contributed by atoms with van der Waals surface area (Å²) in [6.45, 7) is 6.91. The number of aryl methyl sites for hydroxylation is 2. The van der Waals surface area contributed by atoms with Crippen LogP contribution in [-0.4, -0.2) is 23.3 Å². The van der Waals surface area contributed by atoms with Crippen LogP contribution in [0.2, 0.25) is 0 Å². The normalized spacial score (nSPS) is 13.6. The predicted molar refractivity (Wildman–Crippen MR) is 131 cm³/mol. The maximum Gasteiger partial charge on any atom is 0.278 e. The first-order valence-electron chi connectivity index (χ1n) is 11.2. The monoisotopic (exact) mass is 440 g/mol. The van der Waals surface area contributed by atoms with Crippen molar-refractivity contribution in [2.75, 3.05) is 11.9 Å². The number of carbonyl (C=O) groups is 2. The van der Waals surface area contributed by atoms with Crippen LogP contribution in [0.25, 0.3) is 5.57 Å². The smallest absolute Gasteiger partial charge is 0.278 e. The maximum absolute atomic E-state index is 13.5. The van der Waals surface area contributed by atoms with E-state index in [2.05, 4.69) is 11.4 Å². The van der Waals surface area contributed by atoms with Crippen LogP contribution in [0.4, 0.5) is 5.69 Å². The van der Waals surface area contributed by atoms with Crippen molar-refractivity contribution in [3.05, 3.63) is 101 Å². The summed E-state index contributed by atoms with van der Waals surface area (Å²) < 4.78 is 5.68. The highest BCUT2D eigenvalue weighted by Crippen LogP contribution is 2.32. The third-order valence-electron chi connectivity index (χ3n) is 5.46. The van der Waals surface area contributed by atoms with Crippen molar-refractivity contribution in [3.63, 3.8) is 0 Å². The zero-order valence-electron chi connectivity index (χ0n) is 19.2. The average Bonchev–Trinajstić information content (AvgIpc) is 3.02. The molecule has 0 radical (unpaired) electrons. The summed E-state index contributed by atoms with van der Waals surface area (Å²) >= 11 is 0. The molecular weight excluding hydrogens is 412 g/mol. The lowest BCUT2D eigenvalue weighted by atomic mass is 10.0. The minimum atomic E-state index is -0.329. The summed E-state index contributed by atoms with van der Waals surface area (Å²) in [4.78, 5) is 28.2. The van der Waals surface area contributed by atoms with Gasteiger partial charge >= 0.3 is 0 Å². The van der Waals surface area contributed by atoms with Gasteiger partial charge in [0.25, 0.3) is 11.8 Å². The lowest BCUT2D eigenvalue weighted by Crippen LogP contribution is -2.32. The van der Waals surface area contributed by atoms with Crippen LogP contribution in [0.1, 0.15) is 35.6 Å². The van der Waals surface area contributed by atoms with E-state index in [1.54, 1.807) is 0 Å². The second-order valence-electron chi connectivity index (χ2n) is 8.31. The molecule has 5 heteroatoms. The van der Waals surface area contributed by atoms with Crippen LogP contribution in [0, 0.1) is 13.8 Å². The average molecular weight is 441 g/mol. The molecule has 1 heterocycles. The summed E-state index contributed by atoms with van der Waals surface area (Å²) in [5.41, 5.74) is 5.19. The minimum absolute atomic E-state index is 0.220. The molecule has 0 spiro atoms. The molecule has 0 atom stereocenters. The van der Waals surface area contributed by atoms with E-state index in [0.717, 1.165) is 34.5 Å². The zero-order chi connectivity index (χ0) is 23.4. The first kappa shape index (κ1) is 22.3. The van der Waals surface area contributed by atoms with Crippen molar-refractivity contribution in [2.45, 2.75) is 33.7 Å². The molecule has 33 heavy (non-hydrogen) atoms. The molecule has 0 aromatic heterocycles. The van der Waals surface area contributed by atoms with Gasteiger partial charge in [-0.1, -0.05) is 55.5 Å². The molecule has 0 aliphatic carbocycles. The van der Waals surface area contributed by atoms with Gasteiger partial charge in [0.05, 0.1) is 18.7 Å². The quantitative estimate of drug-likeness (QED) is 0.471. The van der Waals surface area contributed by atoms with Crippen LogP contribution in [-0.2, 0) is 16.1 Å². The number of hydrogen-bond acceptors (Lipinski definition) is 4. The molecule has 3 aromatic carbocycles. The highest BCUT2D eigenvalue weighted by atomic mass is 16.5. The molecule has 0 saturated carbocycles. The molecule has 0 bridgehead atoms. The van der Waals surface area contributed by atoms with E-state index < -0.39 is 0 Å². The first-order valence-corrected chi connectivity index (χ1v) is 11.2. The topological polar surface area (TPSA) is 58.6 Å². The lowest BCUT2D eigenvalue weighted by Gasteiger charge is -2.15. The second-order valence-corrected chi connectivity index (χ2v) is 8.31. The van der Waals surface area contributed by atoms with Crippen LogP contribution < -0.4 is 10.1 Å². The number of anilines is 1. The number of nitrogens with zero attached hydrogens (tertiary/aromatic N) is 1. The summed E-state index contributed by atoms with van der Waals surface area (Å²) in [5, 5.41) is 3.25. The Morgan fingerprint density at radius 3 is 2.15 bits per heavy atom. The Balaban J connectivity index is 1.72. The van der Waals surface area contributed by atoms with Crippen molar-refractivity contribution >= 4 is 23.1 Å². The Hall–Kier alpha value is -3.86. The van der Waals surface area contributed by atoms with E-state index in [-0.39, 0.29) is 18.4 Å². The van der Waals surface area contributed by atoms with E-state index in [0.29, 0.717) is 23.4 Å².